The van der Waals surface area contributed by atoms with Crippen molar-refractivity contribution in [2.45, 2.75) is 13.5 Å². The van der Waals surface area contributed by atoms with E-state index in [0.717, 1.165) is 0 Å². The standard InChI is InChI=1S/C20H16ClN3O7/c1-2-30-16-9-12(7-14-18(25)22-20(27)23-19(14)26)8-15(21)17(16)31-10-11-3-5-13(6-4-11)24(28)29/h3-9H,2,10H2,1H3,(H2,22,23,25,26,27). The molecule has 0 atom stereocenters. The fourth-order valence-corrected chi connectivity index (χ4v) is 2.99. The van der Waals surface area contributed by atoms with Crippen molar-refractivity contribution >= 4 is 41.2 Å². The monoisotopic (exact) mass is 445 g/mol. The zero-order valence-corrected chi connectivity index (χ0v) is 16.9. The van der Waals surface area contributed by atoms with E-state index in [1.54, 1.807) is 19.1 Å². The van der Waals surface area contributed by atoms with E-state index in [-0.39, 0.29) is 34.4 Å². The van der Waals surface area contributed by atoms with E-state index in [1.807, 2.05) is 10.6 Å². The van der Waals surface area contributed by atoms with Gasteiger partial charge in [-0.1, -0.05) is 11.6 Å². The van der Waals surface area contributed by atoms with Crippen molar-refractivity contribution in [3.05, 3.63) is 68.2 Å². The molecule has 2 aromatic carbocycles. The summed E-state index contributed by atoms with van der Waals surface area (Å²) in [6.45, 7) is 2.12. The molecule has 0 aliphatic carbocycles. The molecule has 1 aliphatic heterocycles. The van der Waals surface area contributed by atoms with Crippen LogP contribution in [-0.2, 0) is 16.2 Å². The second-order valence-electron chi connectivity index (χ2n) is 6.27. The number of hydrogen-bond donors (Lipinski definition) is 2. The lowest BCUT2D eigenvalue weighted by Crippen LogP contribution is -2.51. The summed E-state index contributed by atoms with van der Waals surface area (Å²) in [7, 11) is 0. The van der Waals surface area contributed by atoms with Gasteiger partial charge in [0.1, 0.15) is 12.2 Å². The quantitative estimate of drug-likeness (QED) is 0.289. The normalized spacial score (nSPS) is 13.4. The molecule has 1 saturated heterocycles. The summed E-state index contributed by atoms with van der Waals surface area (Å²) in [6, 6.07) is 7.97. The Labute approximate surface area is 180 Å². The molecule has 11 heteroatoms. The first-order chi connectivity index (χ1) is 14.8. The van der Waals surface area contributed by atoms with E-state index < -0.39 is 22.8 Å². The number of imide groups is 2. The maximum atomic E-state index is 11.9. The second kappa shape index (κ2) is 9.26. The number of barbiturate groups is 1. The number of urea groups is 1. The van der Waals surface area contributed by atoms with Crippen molar-refractivity contribution in [2.75, 3.05) is 6.61 Å². The summed E-state index contributed by atoms with van der Waals surface area (Å²) in [4.78, 5) is 45.3. The number of halogens is 1. The molecule has 1 fully saturated rings. The molecule has 1 heterocycles. The molecule has 10 nitrogen and oxygen atoms in total. The summed E-state index contributed by atoms with van der Waals surface area (Å²) in [5, 5.41) is 14.9. The third-order valence-electron chi connectivity index (χ3n) is 4.12. The van der Waals surface area contributed by atoms with Crippen LogP contribution in [0.3, 0.4) is 0 Å². The van der Waals surface area contributed by atoms with Gasteiger partial charge in [-0.3, -0.25) is 30.3 Å². The first kappa shape index (κ1) is 21.8. The number of carbonyl (C=O) groups is 3. The average Bonchev–Trinajstić information content (AvgIpc) is 2.70. The van der Waals surface area contributed by atoms with E-state index in [0.29, 0.717) is 17.7 Å². The zero-order valence-electron chi connectivity index (χ0n) is 16.1. The first-order valence-corrected chi connectivity index (χ1v) is 9.37. The molecule has 4 amide bonds. The van der Waals surface area contributed by atoms with Crippen molar-refractivity contribution in [3.63, 3.8) is 0 Å². The van der Waals surface area contributed by atoms with Gasteiger partial charge in [-0.2, -0.15) is 0 Å². The minimum Gasteiger partial charge on any atom is -0.490 e. The van der Waals surface area contributed by atoms with Crippen molar-refractivity contribution < 1.29 is 28.8 Å². The molecule has 3 rings (SSSR count). The Hall–Kier alpha value is -3.92. The number of nitro benzene ring substituents is 1. The van der Waals surface area contributed by atoms with E-state index in [1.165, 1.54) is 30.3 Å². The summed E-state index contributed by atoms with van der Waals surface area (Å²) in [6.07, 6.45) is 1.27. The van der Waals surface area contributed by atoms with Crippen LogP contribution in [0.5, 0.6) is 11.5 Å². The Bertz CT molecular complexity index is 1070. The van der Waals surface area contributed by atoms with Crippen LogP contribution >= 0.6 is 11.6 Å². The highest BCUT2D eigenvalue weighted by Crippen LogP contribution is 2.38. The lowest BCUT2D eigenvalue weighted by atomic mass is 10.1. The maximum absolute atomic E-state index is 11.9. The number of hydrogen-bond acceptors (Lipinski definition) is 7. The summed E-state index contributed by atoms with van der Waals surface area (Å²) < 4.78 is 11.3. The van der Waals surface area contributed by atoms with Gasteiger partial charge in [0.15, 0.2) is 11.5 Å². The molecule has 1 aliphatic rings. The number of ether oxygens (including phenoxy) is 2. The molecular weight excluding hydrogens is 430 g/mol. The molecule has 0 bridgehead atoms. The molecule has 2 N–H and O–H groups in total. The van der Waals surface area contributed by atoms with Gasteiger partial charge >= 0.3 is 6.03 Å². The van der Waals surface area contributed by atoms with Gasteiger partial charge in [-0.05, 0) is 48.4 Å². The molecule has 0 radical (unpaired) electrons. The van der Waals surface area contributed by atoms with Crippen LogP contribution in [0.4, 0.5) is 10.5 Å². The molecule has 0 aromatic heterocycles. The number of non-ortho nitro benzene ring substituents is 1. The van der Waals surface area contributed by atoms with Gasteiger partial charge in [0.2, 0.25) is 0 Å². The molecule has 2 aromatic rings. The maximum Gasteiger partial charge on any atom is 0.328 e. The van der Waals surface area contributed by atoms with Crippen LogP contribution in [-0.4, -0.2) is 29.4 Å². The first-order valence-electron chi connectivity index (χ1n) is 8.99. The van der Waals surface area contributed by atoms with Gasteiger partial charge in [0.05, 0.1) is 16.6 Å². The molecule has 0 unspecified atom stereocenters. The predicted molar refractivity (Wildman–Crippen MR) is 110 cm³/mol. The minimum atomic E-state index is -0.893. The Balaban J connectivity index is 1.85. The number of carbonyl (C=O) groups excluding carboxylic acids is 3. The average molecular weight is 446 g/mol. The largest absolute Gasteiger partial charge is 0.490 e. The van der Waals surface area contributed by atoms with Crippen molar-refractivity contribution in [2.24, 2.45) is 0 Å². The lowest BCUT2D eigenvalue weighted by Gasteiger charge is -2.16. The number of rotatable bonds is 7. The Kier molecular flexibility index (Phi) is 6.51. The van der Waals surface area contributed by atoms with Crippen LogP contribution < -0.4 is 20.1 Å². The van der Waals surface area contributed by atoms with Crippen LogP contribution in [0, 0.1) is 10.1 Å². The smallest absolute Gasteiger partial charge is 0.328 e. The highest BCUT2D eigenvalue weighted by atomic mass is 35.5. The zero-order chi connectivity index (χ0) is 22.5. The number of nitrogens with zero attached hydrogens (tertiary/aromatic N) is 1. The SMILES string of the molecule is CCOc1cc(C=C2C(=O)NC(=O)NC2=O)cc(Cl)c1OCc1ccc([N+](=O)[O-])cc1. The molecule has 31 heavy (non-hydrogen) atoms. The van der Waals surface area contributed by atoms with Gasteiger partial charge in [-0.15, -0.1) is 0 Å². The van der Waals surface area contributed by atoms with Gasteiger partial charge in [0.25, 0.3) is 17.5 Å². The highest BCUT2D eigenvalue weighted by molar-refractivity contribution is 6.33. The van der Waals surface area contributed by atoms with E-state index in [9.17, 15) is 24.5 Å². The number of amides is 4. The fourth-order valence-electron chi connectivity index (χ4n) is 2.72. The Morgan fingerprint density at radius 1 is 1.06 bits per heavy atom. The number of benzene rings is 2. The topological polar surface area (TPSA) is 137 Å². The van der Waals surface area contributed by atoms with Crippen molar-refractivity contribution in [1.29, 1.82) is 0 Å². The Morgan fingerprint density at radius 3 is 2.29 bits per heavy atom. The molecule has 160 valence electrons. The van der Waals surface area contributed by atoms with Crippen molar-refractivity contribution in [1.82, 2.24) is 10.6 Å². The van der Waals surface area contributed by atoms with Gasteiger partial charge in [0, 0.05) is 12.1 Å². The summed E-state index contributed by atoms with van der Waals surface area (Å²) in [5.41, 5.74) is 0.755. The molecule has 0 spiro atoms. The third-order valence-corrected chi connectivity index (χ3v) is 4.40. The Morgan fingerprint density at radius 2 is 1.71 bits per heavy atom. The summed E-state index contributed by atoms with van der Waals surface area (Å²) >= 11 is 6.34. The van der Waals surface area contributed by atoms with E-state index in [4.69, 9.17) is 21.1 Å². The van der Waals surface area contributed by atoms with E-state index in [2.05, 4.69) is 0 Å². The molecular formula is C20H16ClN3O7. The van der Waals surface area contributed by atoms with Crippen LogP contribution in [0.2, 0.25) is 5.02 Å². The second-order valence-corrected chi connectivity index (χ2v) is 6.68. The number of nitro groups is 1. The van der Waals surface area contributed by atoms with Crippen molar-refractivity contribution in [3.8, 4) is 11.5 Å². The third kappa shape index (κ3) is 5.17. The lowest BCUT2D eigenvalue weighted by molar-refractivity contribution is -0.384. The van der Waals surface area contributed by atoms with Crippen LogP contribution in [0.25, 0.3) is 6.08 Å². The minimum absolute atomic E-state index is 0.0355. The predicted octanol–water partition coefficient (Wildman–Crippen LogP) is 2.98. The van der Waals surface area contributed by atoms with Gasteiger partial charge in [-0.25, -0.2) is 4.79 Å². The van der Waals surface area contributed by atoms with E-state index >= 15 is 0 Å². The summed E-state index contributed by atoms with van der Waals surface area (Å²) in [5.74, 6) is -1.16. The highest BCUT2D eigenvalue weighted by Gasteiger charge is 2.28. The number of nitrogens with one attached hydrogen (secondary N) is 2. The van der Waals surface area contributed by atoms with Crippen LogP contribution in [0.1, 0.15) is 18.1 Å². The molecule has 0 saturated carbocycles. The van der Waals surface area contributed by atoms with Gasteiger partial charge < -0.3 is 9.47 Å². The fraction of sp³-hybridized carbons (Fsp3) is 0.150. The van der Waals surface area contributed by atoms with Crippen LogP contribution in [0.15, 0.2) is 42.0 Å².